The summed E-state index contributed by atoms with van der Waals surface area (Å²) in [4.78, 5) is 24.5. The Kier molecular flexibility index (Phi) is 6.35. The van der Waals surface area contributed by atoms with Gasteiger partial charge in [0.2, 0.25) is 15.8 Å². The molecule has 0 saturated heterocycles. The zero-order valence-corrected chi connectivity index (χ0v) is 16.3. The summed E-state index contributed by atoms with van der Waals surface area (Å²) in [7, 11) is -1.91. The van der Waals surface area contributed by atoms with E-state index >= 15 is 0 Å². The third-order valence-corrected chi connectivity index (χ3v) is 5.63. The van der Waals surface area contributed by atoms with E-state index in [1.54, 1.807) is 6.07 Å². The first-order valence-electron chi connectivity index (χ1n) is 8.21. The first kappa shape index (κ1) is 20.6. The minimum Gasteiger partial charge on any atom is -0.454 e. The van der Waals surface area contributed by atoms with Gasteiger partial charge in [-0.3, -0.25) is 4.79 Å². The third-order valence-electron chi connectivity index (χ3n) is 4.21. The largest absolute Gasteiger partial charge is 0.454 e. The SMILES string of the molecule is C=CCNS(=O)(=O)c1cccc(C(=O)OCC(=O)c2cc(C)n(C)c2C)c1. The molecule has 1 N–H and O–H groups in total. The number of benzene rings is 1. The molecular formula is C19H22N2O5S. The Morgan fingerprint density at radius 3 is 2.56 bits per heavy atom. The highest BCUT2D eigenvalue weighted by atomic mass is 32.2. The van der Waals surface area contributed by atoms with Gasteiger partial charge in [0.1, 0.15) is 0 Å². The molecule has 0 fully saturated rings. The number of rotatable bonds is 8. The van der Waals surface area contributed by atoms with Gasteiger partial charge in [-0.15, -0.1) is 6.58 Å². The van der Waals surface area contributed by atoms with Crippen LogP contribution in [0.25, 0.3) is 0 Å². The number of Topliss-reactive ketones (excluding diaryl/α,β-unsaturated/α-hetero) is 1. The second kappa shape index (κ2) is 8.32. The van der Waals surface area contributed by atoms with Crippen LogP contribution in [0, 0.1) is 13.8 Å². The van der Waals surface area contributed by atoms with Gasteiger partial charge in [0.15, 0.2) is 6.61 Å². The fraction of sp³-hybridized carbons (Fsp3) is 0.263. The molecule has 0 radical (unpaired) electrons. The van der Waals surface area contributed by atoms with Crippen LogP contribution in [0.5, 0.6) is 0 Å². The highest BCUT2D eigenvalue weighted by molar-refractivity contribution is 7.89. The number of hydrogen-bond acceptors (Lipinski definition) is 5. The molecule has 0 aliphatic rings. The lowest BCUT2D eigenvalue weighted by Crippen LogP contribution is -2.24. The van der Waals surface area contributed by atoms with Crippen molar-refractivity contribution in [3.05, 3.63) is 65.5 Å². The summed E-state index contributed by atoms with van der Waals surface area (Å²) >= 11 is 0. The molecule has 1 heterocycles. The number of aryl methyl sites for hydroxylation is 1. The molecule has 144 valence electrons. The van der Waals surface area contributed by atoms with Crippen molar-refractivity contribution in [1.29, 1.82) is 0 Å². The molecule has 2 rings (SSSR count). The van der Waals surface area contributed by atoms with Crippen molar-refractivity contribution < 1.29 is 22.7 Å². The van der Waals surface area contributed by atoms with Gasteiger partial charge in [0.05, 0.1) is 10.5 Å². The molecule has 0 saturated carbocycles. The first-order valence-corrected chi connectivity index (χ1v) is 9.69. The first-order chi connectivity index (χ1) is 12.7. The summed E-state index contributed by atoms with van der Waals surface area (Å²) < 4.78 is 33.5. The normalized spacial score (nSPS) is 11.2. The maximum atomic E-state index is 12.3. The Balaban J connectivity index is 2.10. The topological polar surface area (TPSA) is 94.5 Å². The Bertz CT molecular complexity index is 990. The van der Waals surface area contributed by atoms with Gasteiger partial charge in [-0.25, -0.2) is 17.9 Å². The van der Waals surface area contributed by atoms with E-state index in [1.165, 1.54) is 30.3 Å². The predicted octanol–water partition coefficient (Wildman–Crippen LogP) is 2.15. The van der Waals surface area contributed by atoms with E-state index in [1.807, 2.05) is 25.5 Å². The monoisotopic (exact) mass is 390 g/mol. The van der Waals surface area contributed by atoms with E-state index in [0.717, 1.165) is 11.4 Å². The molecule has 8 heteroatoms. The van der Waals surface area contributed by atoms with Crippen LogP contribution in [0.4, 0.5) is 0 Å². The average molecular weight is 390 g/mol. The van der Waals surface area contributed by atoms with Crippen LogP contribution in [-0.4, -0.2) is 37.9 Å². The van der Waals surface area contributed by atoms with E-state index in [-0.39, 0.29) is 22.8 Å². The number of esters is 1. The molecule has 0 amide bonds. The second-order valence-electron chi connectivity index (χ2n) is 6.01. The summed E-state index contributed by atoms with van der Waals surface area (Å²) in [6, 6.07) is 7.17. The van der Waals surface area contributed by atoms with E-state index in [4.69, 9.17) is 4.74 Å². The van der Waals surface area contributed by atoms with Crippen LogP contribution < -0.4 is 4.72 Å². The van der Waals surface area contributed by atoms with Crippen LogP contribution in [0.3, 0.4) is 0 Å². The zero-order chi connectivity index (χ0) is 20.2. The highest BCUT2D eigenvalue weighted by Gasteiger charge is 2.19. The predicted molar refractivity (Wildman–Crippen MR) is 101 cm³/mol. The number of carbonyl (C=O) groups is 2. The standard InChI is InChI=1S/C19H22N2O5S/c1-5-9-20-27(24,25)16-8-6-7-15(11-16)19(23)26-12-18(22)17-10-13(2)21(4)14(17)3/h5-8,10-11,20H,1,9,12H2,2-4H3. The Morgan fingerprint density at radius 2 is 1.96 bits per heavy atom. The lowest BCUT2D eigenvalue weighted by molar-refractivity contribution is 0.0474. The molecular weight excluding hydrogens is 368 g/mol. The van der Waals surface area contributed by atoms with Gasteiger partial charge in [0.25, 0.3) is 0 Å². The minimum absolute atomic E-state index is 0.0465. The summed E-state index contributed by atoms with van der Waals surface area (Å²) in [6.45, 7) is 6.79. The molecule has 0 spiro atoms. The Labute approximate surface area is 158 Å². The molecule has 0 aliphatic heterocycles. The maximum absolute atomic E-state index is 12.3. The molecule has 1 aromatic carbocycles. The van der Waals surface area contributed by atoms with Gasteiger partial charge < -0.3 is 9.30 Å². The van der Waals surface area contributed by atoms with Crippen LogP contribution in [0.15, 0.2) is 47.9 Å². The van der Waals surface area contributed by atoms with Crippen molar-refractivity contribution >= 4 is 21.8 Å². The van der Waals surface area contributed by atoms with Gasteiger partial charge in [-0.05, 0) is 38.1 Å². The van der Waals surface area contributed by atoms with Crippen molar-refractivity contribution in [1.82, 2.24) is 9.29 Å². The van der Waals surface area contributed by atoms with Crippen molar-refractivity contribution in [3.8, 4) is 0 Å². The number of carbonyl (C=O) groups excluding carboxylic acids is 2. The molecule has 0 aliphatic carbocycles. The number of aromatic nitrogens is 1. The zero-order valence-electron chi connectivity index (χ0n) is 15.5. The van der Waals surface area contributed by atoms with Gasteiger partial charge in [-0.2, -0.15) is 0 Å². The number of ketones is 1. The molecule has 27 heavy (non-hydrogen) atoms. The summed E-state index contributed by atoms with van der Waals surface area (Å²) in [5.74, 6) is -1.09. The highest BCUT2D eigenvalue weighted by Crippen LogP contribution is 2.15. The van der Waals surface area contributed by atoms with Gasteiger partial charge in [0, 0.05) is 30.5 Å². The smallest absolute Gasteiger partial charge is 0.338 e. The number of ether oxygens (including phenoxy) is 1. The molecule has 0 unspecified atom stereocenters. The molecule has 7 nitrogen and oxygen atoms in total. The average Bonchev–Trinajstić information content (AvgIpc) is 2.91. The quantitative estimate of drug-likeness (QED) is 0.423. The summed E-state index contributed by atoms with van der Waals surface area (Å²) in [5.41, 5.74) is 2.25. The van der Waals surface area contributed by atoms with Crippen LogP contribution in [-0.2, 0) is 21.8 Å². The van der Waals surface area contributed by atoms with Crippen molar-refractivity contribution in [2.24, 2.45) is 7.05 Å². The van der Waals surface area contributed by atoms with Crippen LogP contribution >= 0.6 is 0 Å². The van der Waals surface area contributed by atoms with Crippen molar-refractivity contribution in [3.63, 3.8) is 0 Å². The fourth-order valence-electron chi connectivity index (χ4n) is 2.47. The van der Waals surface area contributed by atoms with E-state index in [0.29, 0.717) is 5.56 Å². The molecule has 2 aromatic rings. The molecule has 1 aromatic heterocycles. The number of nitrogens with zero attached hydrogens (tertiary/aromatic N) is 1. The van der Waals surface area contributed by atoms with E-state index in [9.17, 15) is 18.0 Å². The van der Waals surface area contributed by atoms with Crippen molar-refractivity contribution in [2.45, 2.75) is 18.7 Å². The van der Waals surface area contributed by atoms with Crippen molar-refractivity contribution in [2.75, 3.05) is 13.2 Å². The Morgan fingerprint density at radius 1 is 1.26 bits per heavy atom. The maximum Gasteiger partial charge on any atom is 0.338 e. The molecule has 0 bridgehead atoms. The number of sulfonamides is 1. The lowest BCUT2D eigenvalue weighted by atomic mass is 10.1. The van der Waals surface area contributed by atoms with Crippen LogP contribution in [0.2, 0.25) is 0 Å². The second-order valence-corrected chi connectivity index (χ2v) is 7.78. The summed E-state index contributed by atoms with van der Waals surface area (Å²) in [5, 5.41) is 0. The lowest BCUT2D eigenvalue weighted by Gasteiger charge is -2.08. The third kappa shape index (κ3) is 4.72. The molecule has 0 atom stereocenters. The Hall–Kier alpha value is -2.71. The summed E-state index contributed by atoms with van der Waals surface area (Å²) in [6.07, 6.45) is 1.41. The van der Waals surface area contributed by atoms with Gasteiger partial charge in [-0.1, -0.05) is 12.1 Å². The fourth-order valence-corrected chi connectivity index (χ4v) is 3.52. The minimum atomic E-state index is -3.76. The van der Waals surface area contributed by atoms with E-state index in [2.05, 4.69) is 11.3 Å². The van der Waals surface area contributed by atoms with Crippen LogP contribution in [0.1, 0.15) is 32.1 Å². The van der Waals surface area contributed by atoms with Gasteiger partial charge >= 0.3 is 5.97 Å². The number of hydrogen-bond donors (Lipinski definition) is 1. The van der Waals surface area contributed by atoms with E-state index < -0.39 is 22.6 Å². The number of nitrogens with one attached hydrogen (secondary N) is 1.